The van der Waals surface area contributed by atoms with Crippen molar-refractivity contribution in [3.63, 3.8) is 0 Å². The quantitative estimate of drug-likeness (QED) is 0.843. The molecule has 0 radical (unpaired) electrons. The van der Waals surface area contributed by atoms with Crippen molar-refractivity contribution in [1.82, 2.24) is 0 Å². The molecule has 3 rings (SSSR count). The third kappa shape index (κ3) is 3.50. The molecule has 0 saturated heterocycles. The van der Waals surface area contributed by atoms with Gasteiger partial charge in [0.05, 0.1) is 6.10 Å². The van der Waals surface area contributed by atoms with E-state index in [1.807, 2.05) is 60.7 Å². The first-order valence-electron chi connectivity index (χ1n) is 9.01. The van der Waals surface area contributed by atoms with E-state index in [0.717, 1.165) is 42.7 Å². The lowest BCUT2D eigenvalue weighted by atomic mass is 9.91. The minimum atomic E-state index is -2.88. The molecule has 0 unspecified atom stereocenters. The van der Waals surface area contributed by atoms with Gasteiger partial charge in [0, 0.05) is 16.3 Å². The van der Waals surface area contributed by atoms with E-state index in [4.69, 9.17) is 0 Å². The Morgan fingerprint density at radius 3 is 1.92 bits per heavy atom. The molecule has 0 aromatic heterocycles. The molecule has 1 N–H and O–H groups in total. The summed E-state index contributed by atoms with van der Waals surface area (Å²) in [6.07, 6.45) is 4.28. The zero-order chi connectivity index (χ0) is 17.0. The largest absolute Gasteiger partial charge is 0.392 e. The summed E-state index contributed by atoms with van der Waals surface area (Å²) in [6.45, 7) is 2.27. The molecular formula is C21H27O2P. The van der Waals surface area contributed by atoms with Crippen LogP contribution in [0.25, 0.3) is 0 Å². The maximum atomic E-state index is 14.4. The Morgan fingerprint density at radius 1 is 0.833 bits per heavy atom. The molecule has 2 aromatic rings. The summed E-state index contributed by atoms with van der Waals surface area (Å²) in [5.41, 5.74) is -0.190. The molecular weight excluding hydrogens is 315 g/mol. The summed E-state index contributed by atoms with van der Waals surface area (Å²) in [7, 11) is -2.88. The molecule has 0 amide bonds. The maximum absolute atomic E-state index is 14.4. The molecule has 3 heteroatoms. The number of aliphatic hydroxyl groups is 1. The Hall–Kier alpha value is -1.37. The Kier molecular flexibility index (Phi) is 5.58. The summed E-state index contributed by atoms with van der Waals surface area (Å²) in [4.78, 5) is 0. The molecule has 1 fully saturated rings. The van der Waals surface area contributed by atoms with Crippen molar-refractivity contribution >= 4 is 17.8 Å². The normalized spacial score (nSPS) is 25.7. The minimum Gasteiger partial charge on any atom is -0.392 e. The van der Waals surface area contributed by atoms with E-state index in [2.05, 4.69) is 6.92 Å². The second-order valence-electron chi connectivity index (χ2n) is 7.08. The van der Waals surface area contributed by atoms with Crippen molar-refractivity contribution in [3.8, 4) is 0 Å². The van der Waals surface area contributed by atoms with Crippen LogP contribution < -0.4 is 10.6 Å². The van der Waals surface area contributed by atoms with E-state index >= 15 is 0 Å². The molecule has 0 heterocycles. The van der Waals surface area contributed by atoms with Crippen molar-refractivity contribution in [2.75, 3.05) is 0 Å². The first-order chi connectivity index (χ1) is 11.6. The average molecular weight is 342 g/mol. The number of rotatable bonds is 3. The van der Waals surface area contributed by atoms with E-state index < -0.39 is 13.2 Å². The fraction of sp³-hybridized carbons (Fsp3) is 0.429. The Labute approximate surface area is 145 Å². The summed E-state index contributed by atoms with van der Waals surface area (Å²) < 4.78 is 14.4. The molecule has 1 saturated carbocycles. The second-order valence-corrected chi connectivity index (χ2v) is 10.1. The number of hydrogen-bond donors (Lipinski definition) is 1. The third-order valence-electron chi connectivity index (χ3n) is 5.34. The third-order valence-corrected chi connectivity index (χ3v) is 9.01. The van der Waals surface area contributed by atoms with Gasteiger partial charge in [0.2, 0.25) is 0 Å². The first kappa shape index (κ1) is 17.5. The molecule has 3 atom stereocenters. The van der Waals surface area contributed by atoms with E-state index in [0.29, 0.717) is 5.92 Å². The van der Waals surface area contributed by atoms with E-state index in [1.165, 1.54) is 0 Å². The van der Waals surface area contributed by atoms with Crippen LogP contribution in [-0.4, -0.2) is 16.9 Å². The fourth-order valence-corrected chi connectivity index (χ4v) is 7.36. The lowest BCUT2D eigenvalue weighted by molar-refractivity contribution is 0.138. The van der Waals surface area contributed by atoms with Crippen molar-refractivity contribution in [1.29, 1.82) is 0 Å². The minimum absolute atomic E-state index is 0.190. The van der Waals surface area contributed by atoms with Gasteiger partial charge >= 0.3 is 0 Å². The lowest BCUT2D eigenvalue weighted by Gasteiger charge is -2.34. The zero-order valence-electron chi connectivity index (χ0n) is 14.3. The van der Waals surface area contributed by atoms with Gasteiger partial charge in [-0.1, -0.05) is 80.4 Å². The van der Waals surface area contributed by atoms with Crippen molar-refractivity contribution in [2.45, 2.75) is 50.8 Å². The second kappa shape index (κ2) is 7.68. The highest BCUT2D eigenvalue weighted by molar-refractivity contribution is 7.79. The van der Waals surface area contributed by atoms with Crippen LogP contribution in [0.4, 0.5) is 0 Å². The average Bonchev–Trinajstić information content (AvgIpc) is 2.61. The van der Waals surface area contributed by atoms with Gasteiger partial charge in [-0.15, -0.1) is 0 Å². The van der Waals surface area contributed by atoms with Crippen LogP contribution in [0.15, 0.2) is 60.7 Å². The summed E-state index contributed by atoms with van der Waals surface area (Å²) in [5, 5.41) is 12.6. The monoisotopic (exact) mass is 342 g/mol. The van der Waals surface area contributed by atoms with Crippen LogP contribution in [0.3, 0.4) is 0 Å². The molecule has 0 aliphatic heterocycles. The van der Waals surface area contributed by atoms with Crippen LogP contribution in [0.1, 0.15) is 39.0 Å². The molecule has 0 bridgehead atoms. The standard InChI is InChI=1S/C21H27O2P/c1-17-9-8-14-20(22)21(16-15-17)24(23,18-10-4-2-5-11-18)19-12-6-3-7-13-19/h2-7,10-13,17,20-22H,8-9,14-16H2,1H3/t17-,20+,21+/m1/s1. The fourth-order valence-electron chi connectivity index (χ4n) is 3.91. The van der Waals surface area contributed by atoms with Crippen LogP contribution in [0, 0.1) is 5.92 Å². The van der Waals surface area contributed by atoms with Gasteiger partial charge in [0.1, 0.15) is 7.14 Å². The van der Waals surface area contributed by atoms with Crippen LogP contribution in [0.2, 0.25) is 0 Å². The van der Waals surface area contributed by atoms with E-state index in [1.54, 1.807) is 0 Å². The predicted octanol–water partition coefficient (Wildman–Crippen LogP) is 4.33. The summed E-state index contributed by atoms with van der Waals surface area (Å²) in [6, 6.07) is 19.5. The van der Waals surface area contributed by atoms with Crippen molar-refractivity contribution in [3.05, 3.63) is 60.7 Å². The predicted molar refractivity (Wildman–Crippen MR) is 102 cm³/mol. The molecule has 2 nitrogen and oxygen atoms in total. The molecule has 1 aliphatic carbocycles. The SMILES string of the molecule is C[C@@H]1CCC[C@H](O)[C@@H](P(=O)(c2ccccc2)c2ccccc2)CC1. The number of aliphatic hydroxyl groups excluding tert-OH is 1. The van der Waals surface area contributed by atoms with Crippen LogP contribution >= 0.6 is 7.14 Å². The Balaban J connectivity index is 2.08. The smallest absolute Gasteiger partial charge is 0.148 e. The van der Waals surface area contributed by atoms with Gasteiger partial charge in [-0.3, -0.25) is 0 Å². The first-order valence-corrected chi connectivity index (χ1v) is 10.8. The Bertz CT molecular complexity index is 640. The lowest BCUT2D eigenvalue weighted by Crippen LogP contribution is -2.36. The number of benzene rings is 2. The van der Waals surface area contributed by atoms with Gasteiger partial charge in [-0.25, -0.2) is 0 Å². The summed E-state index contributed by atoms with van der Waals surface area (Å²) in [5.74, 6) is 0.639. The number of hydrogen-bond acceptors (Lipinski definition) is 2. The highest BCUT2D eigenvalue weighted by Crippen LogP contribution is 2.53. The topological polar surface area (TPSA) is 37.3 Å². The summed E-state index contributed by atoms with van der Waals surface area (Å²) >= 11 is 0. The van der Waals surface area contributed by atoms with Gasteiger partial charge < -0.3 is 9.67 Å². The van der Waals surface area contributed by atoms with Crippen LogP contribution in [-0.2, 0) is 4.57 Å². The highest BCUT2D eigenvalue weighted by Gasteiger charge is 2.41. The van der Waals surface area contributed by atoms with Crippen molar-refractivity contribution in [2.24, 2.45) is 5.92 Å². The van der Waals surface area contributed by atoms with Gasteiger partial charge in [-0.05, 0) is 25.2 Å². The zero-order valence-corrected chi connectivity index (χ0v) is 15.2. The van der Waals surface area contributed by atoms with E-state index in [9.17, 15) is 9.67 Å². The van der Waals surface area contributed by atoms with Gasteiger partial charge in [0.25, 0.3) is 0 Å². The molecule has 24 heavy (non-hydrogen) atoms. The van der Waals surface area contributed by atoms with Crippen molar-refractivity contribution < 1.29 is 9.67 Å². The molecule has 128 valence electrons. The van der Waals surface area contributed by atoms with Gasteiger partial charge in [-0.2, -0.15) is 0 Å². The van der Waals surface area contributed by atoms with Gasteiger partial charge in [0.15, 0.2) is 0 Å². The van der Waals surface area contributed by atoms with E-state index in [-0.39, 0.29) is 5.66 Å². The molecule has 2 aromatic carbocycles. The maximum Gasteiger partial charge on any atom is 0.148 e. The van der Waals surface area contributed by atoms with Crippen LogP contribution in [0.5, 0.6) is 0 Å². The molecule has 1 aliphatic rings. The molecule has 0 spiro atoms. The highest BCUT2D eigenvalue weighted by atomic mass is 31.2. The Morgan fingerprint density at radius 2 is 1.38 bits per heavy atom.